The van der Waals surface area contributed by atoms with E-state index in [9.17, 15) is 0 Å². The summed E-state index contributed by atoms with van der Waals surface area (Å²) in [6, 6.07) is 8.51. The van der Waals surface area contributed by atoms with Crippen molar-refractivity contribution >= 4 is 12.9 Å². The van der Waals surface area contributed by atoms with Crippen molar-refractivity contribution in [3.8, 4) is 0 Å². The summed E-state index contributed by atoms with van der Waals surface area (Å²) in [4.78, 5) is 0. The minimum absolute atomic E-state index is 0.108. The van der Waals surface area contributed by atoms with Gasteiger partial charge in [-0.1, -0.05) is 50.5 Å². The molecule has 1 aromatic carbocycles. The lowest BCUT2D eigenvalue weighted by Crippen LogP contribution is -2.36. The van der Waals surface area contributed by atoms with Gasteiger partial charge in [0.1, 0.15) is 0 Å². The fraction of sp³-hybridized carbons (Fsp3) is 0.571. The Kier molecular flexibility index (Phi) is 4.61. The highest BCUT2D eigenvalue weighted by Crippen LogP contribution is 2.19. The third-order valence-corrected chi connectivity index (χ3v) is 3.28. The molecule has 1 aromatic rings. The average Bonchev–Trinajstić information content (AvgIpc) is 2.27. The van der Waals surface area contributed by atoms with Gasteiger partial charge >= 0.3 is 7.48 Å². The SMILES string of the molecule is CCc1ccc([B]OC(C)(C)C(C)C)cc1. The highest BCUT2D eigenvalue weighted by molar-refractivity contribution is 6.47. The second kappa shape index (κ2) is 5.54. The van der Waals surface area contributed by atoms with Gasteiger partial charge in [0.15, 0.2) is 0 Å². The molecule has 1 nitrogen and oxygen atoms in total. The Labute approximate surface area is 100 Å². The van der Waals surface area contributed by atoms with Crippen molar-refractivity contribution in [3.63, 3.8) is 0 Å². The summed E-state index contributed by atoms with van der Waals surface area (Å²) in [5, 5.41) is 0. The Morgan fingerprint density at radius 2 is 1.75 bits per heavy atom. The number of hydrogen-bond donors (Lipinski definition) is 0. The zero-order valence-corrected chi connectivity index (χ0v) is 11.1. The minimum Gasteiger partial charge on any atom is -0.429 e. The molecule has 0 amide bonds. The summed E-state index contributed by atoms with van der Waals surface area (Å²) in [5.74, 6) is 0.499. The van der Waals surface area contributed by atoms with Gasteiger partial charge < -0.3 is 4.65 Å². The summed E-state index contributed by atoms with van der Waals surface area (Å²) in [6.07, 6.45) is 1.08. The summed E-state index contributed by atoms with van der Waals surface area (Å²) in [7, 11) is 1.86. The van der Waals surface area contributed by atoms with Crippen LogP contribution in [0, 0.1) is 5.92 Å². The summed E-state index contributed by atoms with van der Waals surface area (Å²) in [5.41, 5.74) is 2.38. The molecule has 1 rings (SSSR count). The van der Waals surface area contributed by atoms with Gasteiger partial charge in [-0.15, -0.1) is 0 Å². The van der Waals surface area contributed by atoms with Crippen molar-refractivity contribution in [2.75, 3.05) is 0 Å². The number of hydrogen-bond acceptors (Lipinski definition) is 1. The first-order valence-corrected chi connectivity index (χ1v) is 6.05. The van der Waals surface area contributed by atoms with Crippen LogP contribution in [0.3, 0.4) is 0 Å². The third-order valence-electron chi connectivity index (χ3n) is 3.28. The predicted molar refractivity (Wildman–Crippen MR) is 71.2 cm³/mol. The summed E-state index contributed by atoms with van der Waals surface area (Å²) < 4.78 is 5.83. The van der Waals surface area contributed by atoms with Gasteiger partial charge in [-0.05, 0) is 31.7 Å². The standard InChI is InChI=1S/C14H22BO/c1-6-12-7-9-13(10-8-12)15-16-14(4,5)11(2)3/h7-11H,6H2,1-5H3. The van der Waals surface area contributed by atoms with E-state index in [0.717, 1.165) is 11.9 Å². The summed E-state index contributed by atoms with van der Waals surface area (Å²) >= 11 is 0. The number of benzene rings is 1. The maximum absolute atomic E-state index is 5.83. The average molecular weight is 217 g/mol. The highest BCUT2D eigenvalue weighted by Gasteiger charge is 2.22. The quantitative estimate of drug-likeness (QED) is 0.689. The second-order valence-corrected chi connectivity index (χ2v) is 5.09. The molecule has 16 heavy (non-hydrogen) atoms. The van der Waals surface area contributed by atoms with Gasteiger partial charge in [0, 0.05) is 5.60 Å². The van der Waals surface area contributed by atoms with E-state index < -0.39 is 0 Å². The van der Waals surface area contributed by atoms with Gasteiger partial charge in [0.25, 0.3) is 0 Å². The van der Waals surface area contributed by atoms with Crippen LogP contribution in [0.25, 0.3) is 0 Å². The minimum atomic E-state index is -0.108. The molecule has 0 aliphatic heterocycles. The molecule has 1 radical (unpaired) electrons. The monoisotopic (exact) mass is 217 g/mol. The second-order valence-electron chi connectivity index (χ2n) is 5.09. The van der Waals surface area contributed by atoms with Crippen LogP contribution in [-0.4, -0.2) is 13.1 Å². The van der Waals surface area contributed by atoms with E-state index in [-0.39, 0.29) is 5.60 Å². The van der Waals surface area contributed by atoms with Gasteiger partial charge in [-0.2, -0.15) is 0 Å². The van der Waals surface area contributed by atoms with Gasteiger partial charge in [-0.3, -0.25) is 0 Å². The van der Waals surface area contributed by atoms with E-state index in [4.69, 9.17) is 4.65 Å². The van der Waals surface area contributed by atoms with Crippen molar-refractivity contribution in [3.05, 3.63) is 29.8 Å². The Balaban J connectivity index is 2.54. The molecule has 0 fully saturated rings. The first-order valence-electron chi connectivity index (χ1n) is 6.05. The van der Waals surface area contributed by atoms with E-state index >= 15 is 0 Å². The van der Waals surface area contributed by atoms with Gasteiger partial charge in [0.2, 0.25) is 0 Å². The molecule has 87 valence electrons. The van der Waals surface area contributed by atoms with Crippen LogP contribution in [0.5, 0.6) is 0 Å². The van der Waals surface area contributed by atoms with Crippen molar-refractivity contribution in [1.82, 2.24) is 0 Å². The molecule has 0 saturated carbocycles. The topological polar surface area (TPSA) is 9.23 Å². The maximum Gasteiger partial charge on any atom is 0.330 e. The molecular formula is C14H22BO. The lowest BCUT2D eigenvalue weighted by Gasteiger charge is -2.30. The van der Waals surface area contributed by atoms with Crippen LogP contribution in [0.2, 0.25) is 0 Å². The molecule has 0 aromatic heterocycles. The Morgan fingerprint density at radius 3 is 2.19 bits per heavy atom. The lowest BCUT2D eigenvalue weighted by atomic mass is 9.84. The van der Waals surface area contributed by atoms with E-state index in [0.29, 0.717) is 5.92 Å². The molecule has 2 heteroatoms. The van der Waals surface area contributed by atoms with E-state index in [2.05, 4.69) is 58.9 Å². The number of rotatable bonds is 5. The normalized spacial score (nSPS) is 11.9. The smallest absolute Gasteiger partial charge is 0.330 e. The molecule has 0 heterocycles. The largest absolute Gasteiger partial charge is 0.429 e. The molecule has 0 aliphatic carbocycles. The molecule has 0 aliphatic rings. The van der Waals surface area contributed by atoms with E-state index in [1.165, 1.54) is 5.56 Å². The fourth-order valence-corrected chi connectivity index (χ4v) is 1.19. The van der Waals surface area contributed by atoms with Gasteiger partial charge in [0.05, 0.1) is 0 Å². The van der Waals surface area contributed by atoms with Crippen molar-refractivity contribution in [2.45, 2.75) is 46.6 Å². The maximum atomic E-state index is 5.83. The van der Waals surface area contributed by atoms with Crippen molar-refractivity contribution in [2.24, 2.45) is 5.92 Å². The van der Waals surface area contributed by atoms with E-state index in [1.807, 2.05) is 7.48 Å². The van der Waals surface area contributed by atoms with Crippen LogP contribution in [-0.2, 0) is 11.1 Å². The molecule has 0 N–H and O–H groups in total. The Morgan fingerprint density at radius 1 is 1.19 bits per heavy atom. The molecular weight excluding hydrogens is 195 g/mol. The lowest BCUT2D eigenvalue weighted by molar-refractivity contribution is 0.0668. The Hall–Kier alpha value is -0.755. The molecule has 0 unspecified atom stereocenters. The predicted octanol–water partition coefficient (Wildman–Crippen LogP) is 2.94. The Bertz CT molecular complexity index is 314. The molecule has 0 spiro atoms. The van der Waals surface area contributed by atoms with Crippen molar-refractivity contribution in [1.29, 1.82) is 0 Å². The van der Waals surface area contributed by atoms with Crippen LogP contribution < -0.4 is 5.46 Å². The third kappa shape index (κ3) is 3.68. The number of aryl methyl sites for hydroxylation is 1. The van der Waals surface area contributed by atoms with E-state index in [1.54, 1.807) is 0 Å². The highest BCUT2D eigenvalue weighted by atomic mass is 16.5. The zero-order chi connectivity index (χ0) is 12.2. The fourth-order valence-electron chi connectivity index (χ4n) is 1.19. The molecule has 0 bridgehead atoms. The molecule has 0 atom stereocenters. The van der Waals surface area contributed by atoms with Gasteiger partial charge in [-0.25, -0.2) is 0 Å². The zero-order valence-electron chi connectivity index (χ0n) is 11.1. The van der Waals surface area contributed by atoms with Crippen LogP contribution in [0.15, 0.2) is 24.3 Å². The first kappa shape index (κ1) is 13.3. The summed E-state index contributed by atoms with van der Waals surface area (Å²) in [6.45, 7) is 10.8. The molecule has 0 saturated heterocycles. The van der Waals surface area contributed by atoms with Crippen LogP contribution in [0.1, 0.15) is 40.2 Å². The first-order chi connectivity index (χ1) is 7.45. The van der Waals surface area contributed by atoms with Crippen LogP contribution >= 0.6 is 0 Å². The van der Waals surface area contributed by atoms with Crippen molar-refractivity contribution < 1.29 is 4.65 Å². The van der Waals surface area contributed by atoms with Crippen LogP contribution in [0.4, 0.5) is 0 Å².